The van der Waals surface area contributed by atoms with Crippen molar-refractivity contribution in [1.82, 2.24) is 9.88 Å². The SMILES string of the molecule is O=C(O)Cn1c2c(c3ccccc31)C[C@H](C(=O)NCc1ccc(Cl)cc1)CC2. The fourth-order valence-corrected chi connectivity index (χ4v) is 4.20. The van der Waals surface area contributed by atoms with Crippen LogP contribution in [0.4, 0.5) is 0 Å². The summed E-state index contributed by atoms with van der Waals surface area (Å²) in [5.41, 5.74) is 4.09. The van der Waals surface area contributed by atoms with Crippen molar-refractivity contribution in [1.29, 1.82) is 0 Å². The van der Waals surface area contributed by atoms with Crippen molar-refractivity contribution >= 4 is 34.4 Å². The lowest BCUT2D eigenvalue weighted by Crippen LogP contribution is -2.34. The van der Waals surface area contributed by atoms with Gasteiger partial charge in [-0.3, -0.25) is 9.59 Å². The topological polar surface area (TPSA) is 71.3 Å². The average Bonchev–Trinajstić information content (AvgIpc) is 3.00. The Hall–Kier alpha value is -2.79. The van der Waals surface area contributed by atoms with E-state index in [1.165, 1.54) is 0 Å². The van der Waals surface area contributed by atoms with Gasteiger partial charge in [0, 0.05) is 34.1 Å². The minimum atomic E-state index is -0.855. The molecule has 0 unspecified atom stereocenters. The van der Waals surface area contributed by atoms with Gasteiger partial charge in [0.05, 0.1) is 0 Å². The van der Waals surface area contributed by atoms with Gasteiger partial charge >= 0.3 is 5.97 Å². The van der Waals surface area contributed by atoms with Crippen LogP contribution in [-0.2, 0) is 35.5 Å². The number of halogens is 1. The number of rotatable bonds is 5. The molecule has 4 rings (SSSR count). The molecule has 6 heteroatoms. The van der Waals surface area contributed by atoms with Crippen LogP contribution in [0.1, 0.15) is 23.2 Å². The third-order valence-corrected chi connectivity index (χ3v) is 5.67. The van der Waals surface area contributed by atoms with E-state index >= 15 is 0 Å². The van der Waals surface area contributed by atoms with Crippen LogP contribution >= 0.6 is 11.6 Å². The molecule has 1 aromatic heterocycles. The second-order valence-corrected chi connectivity index (χ2v) is 7.64. The van der Waals surface area contributed by atoms with Crippen LogP contribution in [0.3, 0.4) is 0 Å². The standard InChI is InChI=1S/C22H21ClN2O3/c23-16-8-5-14(6-9-16)12-24-22(28)15-7-10-20-18(11-15)17-3-1-2-4-19(17)25(20)13-21(26)27/h1-6,8-9,15H,7,10-13H2,(H,24,28)(H,26,27)/t15-/m1/s1. The van der Waals surface area contributed by atoms with Gasteiger partial charge in [0.15, 0.2) is 0 Å². The van der Waals surface area contributed by atoms with E-state index in [1.807, 2.05) is 53.1 Å². The summed E-state index contributed by atoms with van der Waals surface area (Å²) in [5, 5.41) is 14.0. The maximum atomic E-state index is 12.7. The molecule has 28 heavy (non-hydrogen) atoms. The molecule has 0 saturated carbocycles. The average molecular weight is 397 g/mol. The number of carbonyl (C=O) groups excluding carboxylic acids is 1. The van der Waals surface area contributed by atoms with Gasteiger partial charge in [-0.25, -0.2) is 0 Å². The first kappa shape index (κ1) is 18.6. The quantitative estimate of drug-likeness (QED) is 0.689. The van der Waals surface area contributed by atoms with Gasteiger partial charge in [-0.05, 0) is 48.6 Å². The molecule has 1 amide bonds. The van der Waals surface area contributed by atoms with Crippen molar-refractivity contribution in [2.45, 2.75) is 32.4 Å². The number of para-hydroxylation sites is 1. The fraction of sp³-hybridized carbons (Fsp3) is 0.273. The molecule has 1 aliphatic rings. The number of carboxylic acid groups (broad SMARTS) is 1. The van der Waals surface area contributed by atoms with E-state index in [1.54, 1.807) is 0 Å². The molecule has 1 atom stereocenters. The highest BCUT2D eigenvalue weighted by molar-refractivity contribution is 6.30. The number of fused-ring (bicyclic) bond motifs is 3. The summed E-state index contributed by atoms with van der Waals surface area (Å²) in [5.74, 6) is -0.925. The van der Waals surface area contributed by atoms with E-state index in [0.29, 0.717) is 24.4 Å². The number of aromatic nitrogens is 1. The number of carbonyl (C=O) groups is 2. The third kappa shape index (κ3) is 3.62. The summed E-state index contributed by atoms with van der Waals surface area (Å²) in [4.78, 5) is 24.0. The predicted octanol–water partition coefficient (Wildman–Crippen LogP) is 3.80. The summed E-state index contributed by atoms with van der Waals surface area (Å²) in [6.07, 6.45) is 2.06. The number of nitrogens with one attached hydrogen (secondary N) is 1. The summed E-state index contributed by atoms with van der Waals surface area (Å²) < 4.78 is 1.88. The molecule has 2 aromatic carbocycles. The minimum Gasteiger partial charge on any atom is -0.480 e. The number of amides is 1. The van der Waals surface area contributed by atoms with Crippen LogP contribution in [0.2, 0.25) is 5.02 Å². The van der Waals surface area contributed by atoms with E-state index in [4.69, 9.17) is 11.6 Å². The van der Waals surface area contributed by atoms with E-state index in [0.717, 1.165) is 34.1 Å². The Morgan fingerprint density at radius 2 is 1.89 bits per heavy atom. The lowest BCUT2D eigenvalue weighted by atomic mass is 9.85. The first-order valence-electron chi connectivity index (χ1n) is 9.36. The Kier molecular flexibility index (Phi) is 5.09. The largest absolute Gasteiger partial charge is 0.480 e. The molecule has 0 spiro atoms. The highest BCUT2D eigenvalue weighted by atomic mass is 35.5. The number of benzene rings is 2. The monoisotopic (exact) mass is 396 g/mol. The smallest absolute Gasteiger partial charge is 0.323 e. The Labute approximate surface area is 167 Å². The molecule has 2 N–H and O–H groups in total. The molecule has 1 aliphatic carbocycles. The molecule has 0 saturated heterocycles. The minimum absolute atomic E-state index is 0.0377. The van der Waals surface area contributed by atoms with Crippen molar-refractivity contribution in [2.24, 2.45) is 5.92 Å². The molecule has 1 heterocycles. The van der Waals surface area contributed by atoms with Gasteiger partial charge in [-0.1, -0.05) is 41.9 Å². The first-order chi connectivity index (χ1) is 13.5. The van der Waals surface area contributed by atoms with Crippen LogP contribution in [0, 0.1) is 5.92 Å². The summed E-state index contributed by atoms with van der Waals surface area (Å²) in [6, 6.07) is 15.3. The molecule has 0 aliphatic heterocycles. The number of carboxylic acids is 1. The summed E-state index contributed by atoms with van der Waals surface area (Å²) >= 11 is 5.90. The predicted molar refractivity (Wildman–Crippen MR) is 108 cm³/mol. The first-order valence-corrected chi connectivity index (χ1v) is 9.73. The van der Waals surface area contributed by atoms with Gasteiger partial charge in [0.25, 0.3) is 0 Å². The number of hydrogen-bond acceptors (Lipinski definition) is 2. The van der Waals surface area contributed by atoms with Crippen molar-refractivity contribution in [3.63, 3.8) is 0 Å². The van der Waals surface area contributed by atoms with Gasteiger partial charge in [0.1, 0.15) is 6.54 Å². The van der Waals surface area contributed by atoms with Gasteiger partial charge in [0.2, 0.25) is 5.91 Å². The van der Waals surface area contributed by atoms with E-state index in [-0.39, 0.29) is 18.4 Å². The molecular weight excluding hydrogens is 376 g/mol. The number of aliphatic carboxylic acids is 1. The zero-order chi connectivity index (χ0) is 19.7. The molecule has 3 aromatic rings. The number of hydrogen-bond donors (Lipinski definition) is 2. The Bertz CT molecular complexity index is 1040. The summed E-state index contributed by atoms with van der Waals surface area (Å²) in [7, 11) is 0. The second-order valence-electron chi connectivity index (χ2n) is 7.21. The zero-order valence-electron chi connectivity index (χ0n) is 15.3. The van der Waals surface area contributed by atoms with E-state index < -0.39 is 5.97 Å². The van der Waals surface area contributed by atoms with Crippen LogP contribution in [0.5, 0.6) is 0 Å². The fourth-order valence-electron chi connectivity index (χ4n) is 4.08. The normalized spacial score (nSPS) is 16.0. The molecule has 0 fully saturated rings. The third-order valence-electron chi connectivity index (χ3n) is 5.42. The zero-order valence-corrected chi connectivity index (χ0v) is 16.1. The van der Waals surface area contributed by atoms with Crippen LogP contribution < -0.4 is 5.32 Å². The Morgan fingerprint density at radius 3 is 2.64 bits per heavy atom. The molecule has 0 radical (unpaired) electrons. The Morgan fingerprint density at radius 1 is 1.14 bits per heavy atom. The van der Waals surface area contributed by atoms with Gasteiger partial charge < -0.3 is 15.0 Å². The lowest BCUT2D eigenvalue weighted by molar-refractivity contribution is -0.137. The van der Waals surface area contributed by atoms with Crippen molar-refractivity contribution < 1.29 is 14.7 Å². The summed E-state index contributed by atoms with van der Waals surface area (Å²) in [6.45, 7) is 0.420. The van der Waals surface area contributed by atoms with Crippen molar-refractivity contribution in [2.75, 3.05) is 0 Å². The van der Waals surface area contributed by atoms with Crippen molar-refractivity contribution in [3.05, 3.63) is 70.4 Å². The molecular formula is C22H21ClN2O3. The molecule has 5 nitrogen and oxygen atoms in total. The highest BCUT2D eigenvalue weighted by Gasteiger charge is 2.29. The number of nitrogens with zero attached hydrogens (tertiary/aromatic N) is 1. The van der Waals surface area contributed by atoms with E-state index in [2.05, 4.69) is 5.32 Å². The van der Waals surface area contributed by atoms with Gasteiger partial charge in [-0.15, -0.1) is 0 Å². The lowest BCUT2D eigenvalue weighted by Gasteiger charge is -2.23. The highest BCUT2D eigenvalue weighted by Crippen LogP contribution is 2.34. The van der Waals surface area contributed by atoms with Crippen LogP contribution in [0.15, 0.2) is 48.5 Å². The van der Waals surface area contributed by atoms with Gasteiger partial charge in [-0.2, -0.15) is 0 Å². The van der Waals surface area contributed by atoms with Crippen LogP contribution in [-0.4, -0.2) is 21.6 Å². The van der Waals surface area contributed by atoms with Crippen LogP contribution in [0.25, 0.3) is 10.9 Å². The maximum absolute atomic E-state index is 12.7. The maximum Gasteiger partial charge on any atom is 0.323 e. The van der Waals surface area contributed by atoms with E-state index in [9.17, 15) is 14.7 Å². The second kappa shape index (κ2) is 7.68. The van der Waals surface area contributed by atoms with Crippen molar-refractivity contribution in [3.8, 4) is 0 Å². The molecule has 0 bridgehead atoms. The molecule has 144 valence electrons. The Balaban J connectivity index is 1.53.